The van der Waals surface area contributed by atoms with Gasteiger partial charge in [0, 0.05) is 18.1 Å². The van der Waals surface area contributed by atoms with Gasteiger partial charge in [-0.25, -0.2) is 0 Å². The van der Waals surface area contributed by atoms with Gasteiger partial charge in [0.15, 0.2) is 0 Å². The largest absolute Gasteiger partial charge is 0.309 e. The van der Waals surface area contributed by atoms with Crippen molar-refractivity contribution in [2.45, 2.75) is 13.5 Å². The minimum Gasteiger partial charge on any atom is -0.309 e. The molecular formula is C11H14ClN. The van der Waals surface area contributed by atoms with Crippen LogP contribution in [0.3, 0.4) is 0 Å². The van der Waals surface area contributed by atoms with Crippen LogP contribution in [0.15, 0.2) is 41.4 Å². The quantitative estimate of drug-likeness (QED) is 0.729. The van der Waals surface area contributed by atoms with Gasteiger partial charge >= 0.3 is 0 Å². The number of halogens is 1. The molecule has 0 saturated heterocycles. The van der Waals surface area contributed by atoms with Crippen molar-refractivity contribution in [3.05, 3.63) is 47.0 Å². The standard InChI is InChI=1S/C11H14ClN/c1-10(12)7-8-13-9-11-5-3-2-4-6-11/h2-7,13H,8-9H2,1H3. The molecule has 13 heavy (non-hydrogen) atoms. The summed E-state index contributed by atoms with van der Waals surface area (Å²) in [5.41, 5.74) is 1.29. The molecule has 0 atom stereocenters. The van der Waals surface area contributed by atoms with E-state index in [1.165, 1.54) is 5.56 Å². The van der Waals surface area contributed by atoms with E-state index >= 15 is 0 Å². The zero-order valence-corrected chi connectivity index (χ0v) is 8.51. The summed E-state index contributed by atoms with van der Waals surface area (Å²) >= 11 is 5.68. The van der Waals surface area contributed by atoms with Crippen LogP contribution in [0, 0.1) is 0 Å². The lowest BCUT2D eigenvalue weighted by molar-refractivity contribution is 0.759. The highest BCUT2D eigenvalue weighted by Gasteiger charge is 1.88. The second-order valence-electron chi connectivity index (χ2n) is 2.91. The lowest BCUT2D eigenvalue weighted by atomic mass is 10.2. The van der Waals surface area contributed by atoms with Gasteiger partial charge in [-0.2, -0.15) is 0 Å². The Labute approximate surface area is 84.4 Å². The van der Waals surface area contributed by atoms with Gasteiger partial charge in [0.1, 0.15) is 0 Å². The maximum Gasteiger partial charge on any atom is 0.0208 e. The van der Waals surface area contributed by atoms with Gasteiger partial charge in [0.25, 0.3) is 0 Å². The van der Waals surface area contributed by atoms with Crippen LogP contribution in [0.25, 0.3) is 0 Å². The smallest absolute Gasteiger partial charge is 0.0208 e. The van der Waals surface area contributed by atoms with Crippen LogP contribution in [0.1, 0.15) is 12.5 Å². The molecule has 0 unspecified atom stereocenters. The average Bonchev–Trinajstić information content (AvgIpc) is 2.14. The van der Waals surface area contributed by atoms with Gasteiger partial charge in [-0.1, -0.05) is 48.0 Å². The molecule has 1 N–H and O–H groups in total. The molecule has 0 aliphatic heterocycles. The fourth-order valence-electron chi connectivity index (χ4n) is 1.03. The molecule has 2 heteroatoms. The highest BCUT2D eigenvalue weighted by molar-refractivity contribution is 6.29. The molecule has 0 aliphatic carbocycles. The Morgan fingerprint density at radius 2 is 2.08 bits per heavy atom. The van der Waals surface area contributed by atoms with Crippen LogP contribution in [0.2, 0.25) is 0 Å². The SMILES string of the molecule is CC(Cl)=CCNCc1ccccc1. The van der Waals surface area contributed by atoms with E-state index in [0.29, 0.717) is 0 Å². The third-order valence-corrected chi connectivity index (χ3v) is 1.85. The first kappa shape index (κ1) is 10.3. The third kappa shape index (κ3) is 4.71. The lowest BCUT2D eigenvalue weighted by Crippen LogP contribution is -2.12. The van der Waals surface area contributed by atoms with Gasteiger partial charge in [-0.05, 0) is 12.5 Å². The van der Waals surface area contributed by atoms with Crippen molar-refractivity contribution in [1.29, 1.82) is 0 Å². The van der Waals surface area contributed by atoms with Crippen LogP contribution in [0.5, 0.6) is 0 Å². The molecule has 0 aromatic heterocycles. The molecule has 0 saturated carbocycles. The Bertz CT molecular complexity index is 263. The Morgan fingerprint density at radius 3 is 2.69 bits per heavy atom. The van der Waals surface area contributed by atoms with Crippen molar-refractivity contribution in [2.75, 3.05) is 6.54 Å². The zero-order chi connectivity index (χ0) is 9.52. The minimum absolute atomic E-state index is 0.824. The summed E-state index contributed by atoms with van der Waals surface area (Å²) in [6, 6.07) is 10.3. The second kappa shape index (κ2) is 5.79. The number of hydrogen-bond donors (Lipinski definition) is 1. The second-order valence-corrected chi connectivity index (χ2v) is 3.50. The van der Waals surface area contributed by atoms with Crippen LogP contribution >= 0.6 is 11.6 Å². The highest BCUT2D eigenvalue weighted by Crippen LogP contribution is 1.98. The van der Waals surface area contributed by atoms with E-state index in [0.717, 1.165) is 18.1 Å². The molecule has 1 nitrogen and oxygen atoms in total. The molecule has 1 aromatic carbocycles. The maximum absolute atomic E-state index is 5.68. The van der Waals surface area contributed by atoms with Crippen LogP contribution in [-0.4, -0.2) is 6.54 Å². The van der Waals surface area contributed by atoms with E-state index in [2.05, 4.69) is 17.4 Å². The molecule has 0 fully saturated rings. The minimum atomic E-state index is 0.824. The fraction of sp³-hybridized carbons (Fsp3) is 0.273. The van der Waals surface area contributed by atoms with Crippen LogP contribution in [0.4, 0.5) is 0 Å². The number of nitrogens with one attached hydrogen (secondary N) is 1. The summed E-state index contributed by atoms with van der Waals surface area (Å²) in [5.74, 6) is 0. The molecule has 0 spiro atoms. The first-order valence-electron chi connectivity index (χ1n) is 4.36. The number of rotatable bonds is 4. The first-order chi connectivity index (χ1) is 6.29. The third-order valence-electron chi connectivity index (χ3n) is 1.70. The fourth-order valence-corrected chi connectivity index (χ4v) is 1.10. The molecule has 0 aliphatic rings. The summed E-state index contributed by atoms with van der Waals surface area (Å²) < 4.78 is 0. The normalized spacial score (nSPS) is 11.7. The van der Waals surface area contributed by atoms with E-state index in [9.17, 15) is 0 Å². The summed E-state index contributed by atoms with van der Waals surface area (Å²) in [4.78, 5) is 0. The van der Waals surface area contributed by atoms with E-state index in [-0.39, 0.29) is 0 Å². The molecule has 1 rings (SSSR count). The predicted molar refractivity (Wildman–Crippen MR) is 57.8 cm³/mol. The van der Waals surface area contributed by atoms with Crippen molar-refractivity contribution >= 4 is 11.6 Å². The van der Waals surface area contributed by atoms with Crippen molar-refractivity contribution in [3.63, 3.8) is 0 Å². The topological polar surface area (TPSA) is 12.0 Å². The number of hydrogen-bond acceptors (Lipinski definition) is 1. The first-order valence-corrected chi connectivity index (χ1v) is 4.74. The molecule has 1 aromatic rings. The molecule has 0 amide bonds. The molecule has 0 bridgehead atoms. The molecule has 0 heterocycles. The highest BCUT2D eigenvalue weighted by atomic mass is 35.5. The Balaban J connectivity index is 2.25. The summed E-state index contributed by atoms with van der Waals surface area (Å²) in [5, 5.41) is 4.11. The van der Waals surface area contributed by atoms with Crippen molar-refractivity contribution < 1.29 is 0 Å². The van der Waals surface area contributed by atoms with Gasteiger partial charge in [-0.15, -0.1) is 0 Å². The summed E-state index contributed by atoms with van der Waals surface area (Å²) in [7, 11) is 0. The van der Waals surface area contributed by atoms with Gasteiger partial charge in [0.05, 0.1) is 0 Å². The molecule has 0 radical (unpaired) electrons. The van der Waals surface area contributed by atoms with Crippen molar-refractivity contribution in [1.82, 2.24) is 5.32 Å². The van der Waals surface area contributed by atoms with Crippen molar-refractivity contribution in [3.8, 4) is 0 Å². The van der Waals surface area contributed by atoms with Gasteiger partial charge < -0.3 is 5.32 Å². The van der Waals surface area contributed by atoms with Crippen LogP contribution < -0.4 is 5.32 Å². The van der Waals surface area contributed by atoms with E-state index in [4.69, 9.17) is 11.6 Å². The Morgan fingerprint density at radius 1 is 1.38 bits per heavy atom. The van der Waals surface area contributed by atoms with Crippen molar-refractivity contribution in [2.24, 2.45) is 0 Å². The zero-order valence-electron chi connectivity index (χ0n) is 7.76. The summed E-state index contributed by atoms with van der Waals surface area (Å²) in [6.07, 6.45) is 1.96. The lowest BCUT2D eigenvalue weighted by Gasteiger charge is -2.01. The van der Waals surface area contributed by atoms with Gasteiger partial charge in [-0.3, -0.25) is 0 Å². The Hall–Kier alpha value is -0.790. The average molecular weight is 196 g/mol. The van der Waals surface area contributed by atoms with E-state index < -0.39 is 0 Å². The van der Waals surface area contributed by atoms with Crippen LogP contribution in [-0.2, 0) is 6.54 Å². The monoisotopic (exact) mass is 195 g/mol. The molecular weight excluding hydrogens is 182 g/mol. The summed E-state index contributed by atoms with van der Waals surface area (Å²) in [6.45, 7) is 3.59. The Kier molecular flexibility index (Phi) is 4.58. The molecule has 70 valence electrons. The van der Waals surface area contributed by atoms with E-state index in [1.807, 2.05) is 31.2 Å². The number of allylic oxidation sites excluding steroid dienone is 1. The predicted octanol–water partition coefficient (Wildman–Crippen LogP) is 2.92. The maximum atomic E-state index is 5.68. The van der Waals surface area contributed by atoms with Gasteiger partial charge in [0.2, 0.25) is 0 Å². The number of benzene rings is 1. The van der Waals surface area contributed by atoms with E-state index in [1.54, 1.807) is 0 Å².